The van der Waals surface area contributed by atoms with E-state index in [1.165, 1.54) is 4.90 Å². The zero-order valence-corrected chi connectivity index (χ0v) is 22.7. The molecule has 3 atom stereocenters. The van der Waals surface area contributed by atoms with Crippen LogP contribution in [-0.2, 0) is 16.0 Å². The van der Waals surface area contributed by atoms with Crippen LogP contribution < -0.4 is 4.74 Å². The third kappa shape index (κ3) is 4.42. The molecule has 1 aromatic heterocycles. The third-order valence-corrected chi connectivity index (χ3v) is 8.04. The molecule has 2 aromatic rings. The number of aliphatic hydroxyl groups is 1. The molecule has 2 N–H and O–H groups in total. The van der Waals surface area contributed by atoms with E-state index < -0.39 is 17.7 Å². The predicted molar refractivity (Wildman–Crippen MR) is 145 cm³/mol. The standard InChI is InChI=1S/C29H38N4O5/c1-5-31(14-15-37-4)12-13-32-27(35)29(3)18-23-22-17-21(38-6-2)10-11-24(22)30-25(23)26(33(29)28(32)36)19-8-7-9-20(34)16-19/h7-8,10-11,16-17,20,26,30,34H,5-6,9,12-15,18H2,1-4H3/t20?,26-,29+/m1/s1. The molecule has 5 rings (SSSR count). The fourth-order valence-electron chi connectivity index (χ4n) is 6.05. The topological polar surface area (TPSA) is 98.3 Å². The third-order valence-electron chi connectivity index (χ3n) is 8.04. The molecular formula is C29H38N4O5. The van der Waals surface area contributed by atoms with Crippen LogP contribution >= 0.6 is 0 Å². The van der Waals surface area contributed by atoms with Crippen LogP contribution in [0.5, 0.6) is 5.75 Å². The van der Waals surface area contributed by atoms with Gasteiger partial charge < -0.3 is 19.6 Å². The van der Waals surface area contributed by atoms with E-state index in [1.807, 2.05) is 44.2 Å². The molecule has 0 saturated carbocycles. The Kier molecular flexibility index (Phi) is 7.35. The number of aliphatic hydroxyl groups excluding tert-OH is 1. The summed E-state index contributed by atoms with van der Waals surface area (Å²) < 4.78 is 11.0. The number of amides is 3. The molecule has 1 aliphatic carbocycles. The maximum absolute atomic E-state index is 14.0. The number of carbonyl (C=O) groups is 2. The number of benzene rings is 1. The minimum Gasteiger partial charge on any atom is -0.494 e. The number of imide groups is 1. The van der Waals surface area contributed by atoms with Crippen molar-refractivity contribution in [1.29, 1.82) is 0 Å². The van der Waals surface area contributed by atoms with E-state index in [-0.39, 0.29) is 11.9 Å². The predicted octanol–water partition coefficient (Wildman–Crippen LogP) is 3.40. The van der Waals surface area contributed by atoms with Gasteiger partial charge >= 0.3 is 6.03 Å². The van der Waals surface area contributed by atoms with Crippen LogP contribution in [0, 0.1) is 0 Å². The number of carbonyl (C=O) groups excluding carboxylic acids is 2. The SMILES string of the molecule is CCOc1ccc2[nH]c3c(c2c1)C[C@@]1(C)C(=O)N(CCN(CC)CCOC)C(=O)N1[C@@H]3C1=CC(O)CC=C1. The summed E-state index contributed by atoms with van der Waals surface area (Å²) in [5, 5.41) is 11.5. The van der Waals surface area contributed by atoms with Gasteiger partial charge in [0.25, 0.3) is 5.91 Å². The Bertz CT molecular complexity index is 1280. The molecule has 0 spiro atoms. The Balaban J connectivity index is 1.57. The lowest BCUT2D eigenvalue weighted by atomic mass is 9.80. The van der Waals surface area contributed by atoms with Crippen molar-refractivity contribution in [3.8, 4) is 5.75 Å². The van der Waals surface area contributed by atoms with Gasteiger partial charge in [-0.2, -0.15) is 0 Å². The van der Waals surface area contributed by atoms with E-state index >= 15 is 0 Å². The summed E-state index contributed by atoms with van der Waals surface area (Å²) in [5.41, 5.74) is 2.59. The highest BCUT2D eigenvalue weighted by Crippen LogP contribution is 2.49. The molecule has 0 radical (unpaired) electrons. The first-order valence-electron chi connectivity index (χ1n) is 13.5. The molecule has 1 saturated heterocycles. The Morgan fingerprint density at radius 1 is 1.24 bits per heavy atom. The van der Waals surface area contributed by atoms with Crippen LogP contribution in [0.15, 0.2) is 42.0 Å². The summed E-state index contributed by atoms with van der Waals surface area (Å²) in [6.45, 7) is 9.47. The van der Waals surface area contributed by atoms with Crippen molar-refractivity contribution in [2.75, 3.05) is 46.5 Å². The molecule has 1 fully saturated rings. The van der Waals surface area contributed by atoms with E-state index in [0.29, 0.717) is 39.1 Å². The Morgan fingerprint density at radius 3 is 2.76 bits per heavy atom. The van der Waals surface area contributed by atoms with Crippen molar-refractivity contribution in [1.82, 2.24) is 19.7 Å². The van der Waals surface area contributed by atoms with Crippen molar-refractivity contribution >= 4 is 22.8 Å². The number of aromatic nitrogens is 1. The highest BCUT2D eigenvalue weighted by Gasteiger charge is 2.60. The van der Waals surface area contributed by atoms with Crippen LogP contribution in [0.4, 0.5) is 4.79 Å². The van der Waals surface area contributed by atoms with E-state index in [2.05, 4.69) is 16.8 Å². The molecule has 1 aromatic carbocycles. The molecule has 204 valence electrons. The summed E-state index contributed by atoms with van der Waals surface area (Å²) in [4.78, 5) is 36.9. The van der Waals surface area contributed by atoms with Crippen LogP contribution in [0.3, 0.4) is 0 Å². The van der Waals surface area contributed by atoms with E-state index in [9.17, 15) is 14.7 Å². The number of likely N-dealkylation sites (N-methyl/N-ethyl adjacent to an activating group) is 1. The summed E-state index contributed by atoms with van der Waals surface area (Å²) >= 11 is 0. The van der Waals surface area contributed by atoms with Crippen molar-refractivity contribution in [3.63, 3.8) is 0 Å². The Morgan fingerprint density at radius 2 is 2.05 bits per heavy atom. The van der Waals surface area contributed by atoms with E-state index in [4.69, 9.17) is 9.47 Å². The minimum absolute atomic E-state index is 0.183. The van der Waals surface area contributed by atoms with Gasteiger partial charge in [0.15, 0.2) is 0 Å². The Labute approximate surface area is 223 Å². The number of nitrogens with zero attached hydrogens (tertiary/aromatic N) is 3. The van der Waals surface area contributed by atoms with Gasteiger partial charge in [-0.15, -0.1) is 0 Å². The average molecular weight is 523 g/mol. The van der Waals surface area contributed by atoms with Crippen molar-refractivity contribution < 1.29 is 24.2 Å². The molecule has 1 unspecified atom stereocenters. The smallest absolute Gasteiger partial charge is 0.328 e. The first-order valence-corrected chi connectivity index (χ1v) is 13.5. The highest BCUT2D eigenvalue weighted by atomic mass is 16.5. The second-order valence-electron chi connectivity index (χ2n) is 10.4. The number of hydrogen-bond donors (Lipinski definition) is 2. The van der Waals surface area contributed by atoms with Crippen molar-refractivity contribution in [2.45, 2.75) is 51.3 Å². The van der Waals surface area contributed by atoms with Crippen molar-refractivity contribution in [2.24, 2.45) is 0 Å². The van der Waals surface area contributed by atoms with Crippen LogP contribution in [0.25, 0.3) is 10.9 Å². The normalized spacial score (nSPS) is 24.8. The minimum atomic E-state index is -1.05. The van der Waals surface area contributed by atoms with E-state index in [0.717, 1.165) is 46.6 Å². The lowest BCUT2D eigenvalue weighted by Crippen LogP contribution is -2.53. The summed E-state index contributed by atoms with van der Waals surface area (Å²) in [5.74, 6) is 0.585. The van der Waals surface area contributed by atoms with Gasteiger partial charge in [-0.25, -0.2) is 4.79 Å². The molecule has 9 heteroatoms. The fourth-order valence-corrected chi connectivity index (χ4v) is 6.05. The average Bonchev–Trinajstić information content (AvgIpc) is 3.34. The Hall–Kier alpha value is -3.14. The number of nitrogens with one attached hydrogen (secondary N) is 1. The number of fused-ring (bicyclic) bond motifs is 4. The second-order valence-corrected chi connectivity index (χ2v) is 10.4. The molecule has 0 bridgehead atoms. The lowest BCUT2D eigenvalue weighted by molar-refractivity contribution is -0.133. The van der Waals surface area contributed by atoms with Gasteiger partial charge in [0, 0.05) is 49.8 Å². The molecule has 38 heavy (non-hydrogen) atoms. The summed E-state index contributed by atoms with van der Waals surface area (Å²) in [6.07, 6.45) is 5.99. The number of hydrogen-bond acceptors (Lipinski definition) is 6. The zero-order valence-electron chi connectivity index (χ0n) is 22.7. The highest BCUT2D eigenvalue weighted by molar-refractivity contribution is 6.08. The summed E-state index contributed by atoms with van der Waals surface area (Å²) in [7, 11) is 1.67. The molecule has 2 aliphatic heterocycles. The van der Waals surface area contributed by atoms with Crippen molar-refractivity contribution in [3.05, 3.63) is 53.3 Å². The lowest BCUT2D eigenvalue weighted by Gasteiger charge is -2.43. The quantitative estimate of drug-likeness (QED) is 0.464. The number of H-pyrrole nitrogens is 1. The van der Waals surface area contributed by atoms with Gasteiger partial charge in [-0.3, -0.25) is 19.5 Å². The number of aromatic amines is 1. The number of urea groups is 1. The maximum atomic E-state index is 14.0. The number of methoxy groups -OCH3 is 1. The van der Waals surface area contributed by atoms with Gasteiger partial charge in [0.05, 0.1) is 19.3 Å². The van der Waals surface area contributed by atoms with Crippen LogP contribution in [0.1, 0.15) is 44.5 Å². The molecule has 3 aliphatic rings. The maximum Gasteiger partial charge on any atom is 0.328 e. The van der Waals surface area contributed by atoms with Gasteiger partial charge in [-0.05, 0) is 56.1 Å². The second kappa shape index (κ2) is 10.6. The fraction of sp³-hybridized carbons (Fsp3) is 0.517. The molecular weight excluding hydrogens is 484 g/mol. The summed E-state index contributed by atoms with van der Waals surface area (Å²) in [6, 6.07) is 5.11. The van der Waals surface area contributed by atoms with Crippen LogP contribution in [0.2, 0.25) is 0 Å². The monoisotopic (exact) mass is 522 g/mol. The van der Waals surface area contributed by atoms with Crippen LogP contribution in [-0.4, -0.2) is 94.9 Å². The van der Waals surface area contributed by atoms with E-state index in [1.54, 1.807) is 18.1 Å². The first kappa shape index (κ1) is 26.5. The first-order chi connectivity index (χ1) is 18.3. The number of rotatable bonds is 10. The van der Waals surface area contributed by atoms with Gasteiger partial charge in [0.1, 0.15) is 17.3 Å². The van der Waals surface area contributed by atoms with Gasteiger partial charge in [-0.1, -0.05) is 25.2 Å². The number of ether oxygens (including phenoxy) is 2. The zero-order chi connectivity index (χ0) is 27.0. The largest absolute Gasteiger partial charge is 0.494 e. The molecule has 9 nitrogen and oxygen atoms in total. The van der Waals surface area contributed by atoms with Gasteiger partial charge in [0.2, 0.25) is 0 Å². The molecule has 3 heterocycles. The molecule has 3 amide bonds.